The van der Waals surface area contributed by atoms with Crippen LogP contribution in [0.25, 0.3) is 0 Å². The minimum atomic E-state index is -0.973. The van der Waals surface area contributed by atoms with Gasteiger partial charge in [0.05, 0.1) is 22.7 Å². The number of hydrogen-bond donors (Lipinski definition) is 1. The van der Waals surface area contributed by atoms with Crippen molar-refractivity contribution in [3.8, 4) is 11.5 Å². The molecule has 0 saturated heterocycles. The number of para-hydroxylation sites is 1. The number of halogens is 3. The summed E-state index contributed by atoms with van der Waals surface area (Å²) >= 11 is 19.6. The first-order chi connectivity index (χ1) is 19.3. The highest BCUT2D eigenvalue weighted by molar-refractivity contribution is 6.39. The lowest BCUT2D eigenvalue weighted by Crippen LogP contribution is -2.30. The van der Waals surface area contributed by atoms with E-state index in [2.05, 4.69) is 6.92 Å². The summed E-state index contributed by atoms with van der Waals surface area (Å²) in [6.45, 7) is 2.93. The van der Waals surface area contributed by atoms with Crippen LogP contribution in [-0.2, 0) is 24.1 Å². The van der Waals surface area contributed by atoms with E-state index < -0.39 is 5.97 Å². The topological polar surface area (TPSA) is 68.2 Å². The lowest BCUT2D eigenvalue weighted by atomic mass is 9.98. The first kappa shape index (κ1) is 27.1. The summed E-state index contributed by atoms with van der Waals surface area (Å²) in [6.07, 6.45) is 4.23. The molecule has 0 radical (unpaired) electrons. The normalized spacial score (nSPS) is 18.0. The average Bonchev–Trinajstić information content (AvgIpc) is 3.57. The summed E-state index contributed by atoms with van der Waals surface area (Å²) < 4.78 is 11.7. The quantitative estimate of drug-likeness (QED) is 0.269. The molecule has 1 atom stereocenters. The fourth-order valence-corrected chi connectivity index (χ4v) is 6.17. The van der Waals surface area contributed by atoms with Crippen molar-refractivity contribution in [3.05, 3.63) is 97.2 Å². The highest BCUT2D eigenvalue weighted by atomic mass is 35.5. The van der Waals surface area contributed by atoms with Gasteiger partial charge in [0.15, 0.2) is 0 Å². The van der Waals surface area contributed by atoms with Gasteiger partial charge < -0.3 is 19.4 Å². The average molecular weight is 601 g/mol. The number of benzene rings is 3. The Bertz CT molecular complexity index is 1500. The molecule has 9 heteroatoms. The van der Waals surface area contributed by atoms with E-state index in [0.717, 1.165) is 47.3 Å². The molecule has 6 rings (SSSR count). The number of rotatable bonds is 9. The summed E-state index contributed by atoms with van der Waals surface area (Å²) in [5.41, 5.74) is 4.82. The Morgan fingerprint density at radius 3 is 2.52 bits per heavy atom. The second-order valence-corrected chi connectivity index (χ2v) is 11.6. The van der Waals surface area contributed by atoms with Gasteiger partial charge in [0, 0.05) is 22.9 Å². The van der Waals surface area contributed by atoms with Crippen molar-refractivity contribution in [3.63, 3.8) is 0 Å². The van der Waals surface area contributed by atoms with Gasteiger partial charge in [-0.2, -0.15) is 0 Å². The molecule has 3 aromatic rings. The molecule has 1 aliphatic carbocycles. The molecule has 6 nitrogen and oxygen atoms in total. The summed E-state index contributed by atoms with van der Waals surface area (Å²) in [5, 5.41) is 13.0. The minimum Gasteiger partial charge on any atom is -0.492 e. The van der Waals surface area contributed by atoms with Crippen LogP contribution in [-0.4, -0.2) is 30.3 Å². The number of hydroxylamine groups is 1. The molecule has 1 N–H and O–H groups in total. The zero-order valence-electron chi connectivity index (χ0n) is 21.9. The molecule has 3 aromatic carbocycles. The number of carbonyl (C=O) groups is 1. The van der Waals surface area contributed by atoms with E-state index in [1.807, 2.05) is 30.3 Å². The van der Waals surface area contributed by atoms with Gasteiger partial charge in [-0.3, -0.25) is 0 Å². The van der Waals surface area contributed by atoms with Crippen LogP contribution in [0.2, 0.25) is 15.1 Å². The monoisotopic (exact) mass is 599 g/mol. The SMILES string of the molecule is CC1C(COc2ccc(CCc3cc4c(c(C(=O)O)c3)OCC4)c(Cl)c2)=C(C2CC2)ON1c1c(Cl)cccc1Cl. The Morgan fingerprint density at radius 1 is 1.05 bits per heavy atom. The van der Waals surface area contributed by atoms with Crippen LogP contribution in [0.3, 0.4) is 0 Å². The van der Waals surface area contributed by atoms with Crippen molar-refractivity contribution in [1.29, 1.82) is 0 Å². The smallest absolute Gasteiger partial charge is 0.339 e. The maximum absolute atomic E-state index is 11.7. The molecule has 0 aromatic heterocycles. The molecule has 2 heterocycles. The Labute approximate surface area is 248 Å². The van der Waals surface area contributed by atoms with Crippen LogP contribution in [0, 0.1) is 5.92 Å². The van der Waals surface area contributed by atoms with E-state index in [9.17, 15) is 9.90 Å². The van der Waals surface area contributed by atoms with E-state index in [1.165, 1.54) is 0 Å². The van der Waals surface area contributed by atoms with E-state index in [-0.39, 0.29) is 11.6 Å². The number of hydrogen-bond acceptors (Lipinski definition) is 5. The Kier molecular flexibility index (Phi) is 7.51. The van der Waals surface area contributed by atoms with E-state index in [1.54, 1.807) is 23.3 Å². The number of carboxylic acid groups (broad SMARTS) is 1. The highest BCUT2D eigenvalue weighted by Gasteiger charge is 2.41. The summed E-state index contributed by atoms with van der Waals surface area (Å²) in [5.74, 6) is 1.51. The van der Waals surface area contributed by atoms with Gasteiger partial charge in [0.1, 0.15) is 35.1 Å². The van der Waals surface area contributed by atoms with E-state index >= 15 is 0 Å². The standard InChI is InChI=1S/C31H28Cl3NO5/c1-17-24(30(20-7-8-20)40-35(17)28-25(32)3-2-4-26(28)33)16-39-22-10-9-19(27(34)15-22)6-5-18-13-21-11-12-38-29(21)23(14-18)31(36)37/h2-4,9-10,13-15,17,20H,5-8,11-12,16H2,1H3,(H,36,37). The minimum absolute atomic E-state index is 0.101. The van der Waals surface area contributed by atoms with Crippen LogP contribution in [0.1, 0.15) is 46.8 Å². The number of aryl methyl sites for hydroxylation is 2. The Morgan fingerprint density at radius 2 is 1.82 bits per heavy atom. The fraction of sp³-hybridized carbons (Fsp3) is 0.323. The molecular formula is C31H28Cl3NO5. The molecule has 0 bridgehead atoms. The molecule has 0 amide bonds. The fourth-order valence-electron chi connectivity index (χ4n) is 5.34. The third-order valence-electron chi connectivity index (χ3n) is 7.65. The molecule has 0 spiro atoms. The predicted molar refractivity (Wildman–Crippen MR) is 156 cm³/mol. The Hall–Kier alpha value is -3.06. The lowest BCUT2D eigenvalue weighted by molar-refractivity contribution is 0.0693. The third-order valence-corrected chi connectivity index (χ3v) is 8.61. The zero-order chi connectivity index (χ0) is 28.0. The van der Waals surface area contributed by atoms with Crippen LogP contribution in [0.15, 0.2) is 59.9 Å². The zero-order valence-corrected chi connectivity index (χ0v) is 24.2. The van der Waals surface area contributed by atoms with Crippen molar-refractivity contribution in [1.82, 2.24) is 0 Å². The molecule has 3 aliphatic rings. The number of allylic oxidation sites excluding steroid dienone is 1. The molecule has 40 heavy (non-hydrogen) atoms. The van der Waals surface area contributed by atoms with Crippen molar-refractivity contribution in [2.45, 2.75) is 45.1 Å². The molecule has 208 valence electrons. The highest BCUT2D eigenvalue weighted by Crippen LogP contribution is 2.47. The number of nitrogens with zero attached hydrogens (tertiary/aromatic N) is 1. The van der Waals surface area contributed by atoms with Gasteiger partial charge in [-0.05, 0) is 79.6 Å². The maximum Gasteiger partial charge on any atom is 0.339 e. The number of ether oxygens (including phenoxy) is 2. The second-order valence-electron chi connectivity index (χ2n) is 10.4. The number of anilines is 1. The lowest BCUT2D eigenvalue weighted by Gasteiger charge is -2.25. The van der Waals surface area contributed by atoms with Gasteiger partial charge in [-0.15, -0.1) is 0 Å². The van der Waals surface area contributed by atoms with Gasteiger partial charge >= 0.3 is 5.97 Å². The molecular weight excluding hydrogens is 573 g/mol. The van der Waals surface area contributed by atoms with Gasteiger partial charge in [-0.25, -0.2) is 9.86 Å². The van der Waals surface area contributed by atoms with Gasteiger partial charge in [0.2, 0.25) is 0 Å². The molecule has 1 fully saturated rings. The van der Waals surface area contributed by atoms with Gasteiger partial charge in [-0.1, -0.05) is 53.0 Å². The maximum atomic E-state index is 11.7. The number of fused-ring (bicyclic) bond motifs is 1. The van der Waals surface area contributed by atoms with Crippen LogP contribution >= 0.6 is 34.8 Å². The van der Waals surface area contributed by atoms with E-state index in [4.69, 9.17) is 49.1 Å². The van der Waals surface area contributed by atoms with Crippen LogP contribution < -0.4 is 14.5 Å². The number of carboxylic acids is 1. The van der Waals surface area contributed by atoms with Crippen molar-refractivity contribution in [2.24, 2.45) is 5.92 Å². The Balaban J connectivity index is 1.13. The van der Waals surface area contributed by atoms with Crippen LogP contribution in [0.4, 0.5) is 5.69 Å². The third kappa shape index (κ3) is 5.32. The predicted octanol–water partition coefficient (Wildman–Crippen LogP) is 7.95. The summed E-state index contributed by atoms with van der Waals surface area (Å²) in [7, 11) is 0. The summed E-state index contributed by atoms with van der Waals surface area (Å²) in [4.78, 5) is 18.0. The van der Waals surface area contributed by atoms with Crippen LogP contribution in [0.5, 0.6) is 11.5 Å². The second kappa shape index (κ2) is 11.1. The van der Waals surface area contributed by atoms with Gasteiger partial charge in [0.25, 0.3) is 0 Å². The molecule has 1 unspecified atom stereocenters. The van der Waals surface area contributed by atoms with Crippen molar-refractivity contribution in [2.75, 3.05) is 18.3 Å². The van der Waals surface area contributed by atoms with E-state index in [0.29, 0.717) is 64.2 Å². The first-order valence-electron chi connectivity index (χ1n) is 13.4. The van der Waals surface area contributed by atoms with Crippen molar-refractivity contribution < 1.29 is 24.2 Å². The molecule has 2 aliphatic heterocycles. The van der Waals surface area contributed by atoms with Crippen molar-refractivity contribution >= 4 is 46.5 Å². The number of aromatic carboxylic acids is 1. The molecule has 1 saturated carbocycles. The largest absolute Gasteiger partial charge is 0.492 e. The first-order valence-corrected chi connectivity index (χ1v) is 14.5. The summed E-state index contributed by atoms with van der Waals surface area (Å²) in [6, 6.07) is 14.8.